The predicted molar refractivity (Wildman–Crippen MR) is 85.9 cm³/mol. The second kappa shape index (κ2) is 7.21. The maximum Gasteiger partial charge on any atom is 0.0349 e. The third kappa shape index (κ3) is 3.81. The molecular formula is C17H29N3. The first-order chi connectivity index (χ1) is 9.65. The molecule has 1 aliphatic heterocycles. The molecular weight excluding hydrogens is 246 g/mol. The van der Waals surface area contributed by atoms with E-state index in [0.29, 0.717) is 6.04 Å². The normalized spacial score (nSPS) is 27.6. The summed E-state index contributed by atoms with van der Waals surface area (Å²) in [5.74, 6) is 0. The summed E-state index contributed by atoms with van der Waals surface area (Å²) < 4.78 is 0. The molecule has 112 valence electrons. The third-order valence-corrected chi connectivity index (χ3v) is 4.45. The molecule has 1 saturated heterocycles. The van der Waals surface area contributed by atoms with Gasteiger partial charge in [-0.3, -0.25) is 4.90 Å². The van der Waals surface area contributed by atoms with Crippen molar-refractivity contribution in [1.82, 2.24) is 10.2 Å². The molecule has 0 bridgehead atoms. The van der Waals surface area contributed by atoms with Crippen LogP contribution in [0.5, 0.6) is 0 Å². The lowest BCUT2D eigenvalue weighted by atomic mass is 9.87. The van der Waals surface area contributed by atoms with Crippen LogP contribution >= 0.6 is 0 Å². The maximum atomic E-state index is 5.64. The Labute approximate surface area is 123 Å². The van der Waals surface area contributed by atoms with Crippen molar-refractivity contribution < 1.29 is 0 Å². The third-order valence-electron chi connectivity index (χ3n) is 4.45. The quantitative estimate of drug-likeness (QED) is 0.781. The highest BCUT2D eigenvalue weighted by Crippen LogP contribution is 2.26. The van der Waals surface area contributed by atoms with Crippen LogP contribution in [-0.4, -0.2) is 42.7 Å². The molecule has 3 heteroatoms. The lowest BCUT2D eigenvalue weighted by Gasteiger charge is -2.49. The van der Waals surface area contributed by atoms with Gasteiger partial charge in [0.15, 0.2) is 0 Å². The first-order valence-electron chi connectivity index (χ1n) is 7.87. The van der Waals surface area contributed by atoms with Crippen LogP contribution in [0.25, 0.3) is 0 Å². The summed E-state index contributed by atoms with van der Waals surface area (Å²) in [6, 6.07) is 11.4. The number of benzene rings is 1. The molecule has 1 aliphatic rings. The molecule has 0 saturated carbocycles. The van der Waals surface area contributed by atoms with Crippen molar-refractivity contribution in [3.8, 4) is 0 Å². The van der Waals surface area contributed by atoms with E-state index in [4.69, 9.17) is 5.73 Å². The molecule has 0 spiro atoms. The second-order valence-electron chi connectivity index (χ2n) is 6.33. The fraction of sp³-hybridized carbons (Fsp3) is 0.647. The van der Waals surface area contributed by atoms with Crippen molar-refractivity contribution >= 4 is 0 Å². The van der Waals surface area contributed by atoms with Crippen LogP contribution in [0.15, 0.2) is 30.3 Å². The first kappa shape index (κ1) is 15.5. The van der Waals surface area contributed by atoms with Gasteiger partial charge in [0.2, 0.25) is 0 Å². The van der Waals surface area contributed by atoms with Gasteiger partial charge < -0.3 is 11.1 Å². The predicted octanol–water partition coefficient (Wildman–Crippen LogP) is 2.02. The first-order valence-corrected chi connectivity index (χ1v) is 7.87. The number of hydrogen-bond donors (Lipinski definition) is 2. The van der Waals surface area contributed by atoms with Gasteiger partial charge in [-0.25, -0.2) is 0 Å². The summed E-state index contributed by atoms with van der Waals surface area (Å²) in [5, 5.41) is 3.60. The molecule has 0 amide bonds. The number of nitrogens with two attached hydrogens (primary N) is 1. The number of hydrogen-bond acceptors (Lipinski definition) is 3. The molecule has 2 rings (SSSR count). The molecule has 0 radical (unpaired) electrons. The van der Waals surface area contributed by atoms with Crippen LogP contribution < -0.4 is 11.1 Å². The fourth-order valence-electron chi connectivity index (χ4n) is 3.41. The monoisotopic (exact) mass is 275 g/mol. The smallest absolute Gasteiger partial charge is 0.0349 e. The molecule has 3 N–H and O–H groups in total. The molecule has 2 atom stereocenters. The van der Waals surface area contributed by atoms with E-state index in [1.807, 2.05) is 0 Å². The average Bonchev–Trinajstić information content (AvgIpc) is 2.43. The number of unbranched alkanes of at least 4 members (excludes halogenated alkanes) is 1. The summed E-state index contributed by atoms with van der Waals surface area (Å²) in [4.78, 5) is 2.69. The second-order valence-corrected chi connectivity index (χ2v) is 6.33. The van der Waals surface area contributed by atoms with Gasteiger partial charge in [-0.2, -0.15) is 0 Å². The molecule has 1 aromatic carbocycles. The maximum absolute atomic E-state index is 5.64. The Bertz CT molecular complexity index is 392. The van der Waals surface area contributed by atoms with E-state index >= 15 is 0 Å². The summed E-state index contributed by atoms with van der Waals surface area (Å²) in [6.45, 7) is 8.84. The molecule has 1 aromatic rings. The zero-order valence-electron chi connectivity index (χ0n) is 12.9. The molecule has 3 nitrogen and oxygen atoms in total. The average molecular weight is 275 g/mol. The van der Waals surface area contributed by atoms with Crippen LogP contribution in [0.4, 0.5) is 0 Å². The van der Waals surface area contributed by atoms with Gasteiger partial charge in [-0.15, -0.1) is 0 Å². The van der Waals surface area contributed by atoms with Crippen LogP contribution in [0.3, 0.4) is 0 Å². The minimum absolute atomic E-state index is 0.202. The fourth-order valence-corrected chi connectivity index (χ4v) is 3.41. The molecule has 2 unspecified atom stereocenters. The summed E-state index contributed by atoms with van der Waals surface area (Å²) >= 11 is 0. The topological polar surface area (TPSA) is 41.3 Å². The molecule has 1 fully saturated rings. The van der Waals surface area contributed by atoms with E-state index in [1.165, 1.54) is 12.0 Å². The number of rotatable bonds is 6. The van der Waals surface area contributed by atoms with Gasteiger partial charge in [0.1, 0.15) is 0 Å². The van der Waals surface area contributed by atoms with Crippen molar-refractivity contribution in [3.05, 3.63) is 35.9 Å². The van der Waals surface area contributed by atoms with E-state index < -0.39 is 0 Å². The van der Waals surface area contributed by atoms with Crippen LogP contribution in [0.2, 0.25) is 0 Å². The number of nitrogens with one attached hydrogen (secondary N) is 1. The van der Waals surface area contributed by atoms with Gasteiger partial charge in [0.25, 0.3) is 0 Å². The SMILES string of the molecule is CC1CNCC(C)(Cc2ccccc2)N1CCCCN. The summed E-state index contributed by atoms with van der Waals surface area (Å²) in [7, 11) is 0. The number of piperazine rings is 1. The molecule has 1 heterocycles. The largest absolute Gasteiger partial charge is 0.330 e. The van der Waals surface area contributed by atoms with Crippen LogP contribution in [0.1, 0.15) is 32.3 Å². The van der Waals surface area contributed by atoms with Gasteiger partial charge in [-0.05, 0) is 51.8 Å². The van der Waals surface area contributed by atoms with Crippen LogP contribution in [0, 0.1) is 0 Å². The highest BCUT2D eigenvalue weighted by molar-refractivity contribution is 5.18. The zero-order valence-corrected chi connectivity index (χ0v) is 12.9. The lowest BCUT2D eigenvalue weighted by Crippen LogP contribution is -2.64. The highest BCUT2D eigenvalue weighted by Gasteiger charge is 2.37. The van der Waals surface area contributed by atoms with E-state index in [-0.39, 0.29) is 5.54 Å². The zero-order chi connectivity index (χ0) is 14.4. The lowest BCUT2D eigenvalue weighted by molar-refractivity contribution is 0.0309. The van der Waals surface area contributed by atoms with Crippen molar-refractivity contribution in [2.75, 3.05) is 26.2 Å². The van der Waals surface area contributed by atoms with Crippen molar-refractivity contribution in [1.29, 1.82) is 0 Å². The number of nitrogens with zero attached hydrogens (tertiary/aromatic N) is 1. The Morgan fingerprint density at radius 1 is 1.30 bits per heavy atom. The van der Waals surface area contributed by atoms with Gasteiger partial charge in [0, 0.05) is 24.7 Å². The van der Waals surface area contributed by atoms with Crippen LogP contribution in [-0.2, 0) is 6.42 Å². The Hall–Kier alpha value is -0.900. The van der Waals surface area contributed by atoms with Crippen molar-refractivity contribution in [2.45, 2.75) is 44.7 Å². The van der Waals surface area contributed by atoms with Crippen molar-refractivity contribution in [3.63, 3.8) is 0 Å². The summed E-state index contributed by atoms with van der Waals surface area (Å²) in [5.41, 5.74) is 7.27. The van der Waals surface area contributed by atoms with Gasteiger partial charge >= 0.3 is 0 Å². The Kier molecular flexibility index (Phi) is 5.58. The standard InChI is InChI=1S/C17H29N3/c1-15-13-19-14-17(2,20(15)11-7-6-10-18)12-16-8-4-3-5-9-16/h3-5,8-9,15,19H,6-7,10-14,18H2,1-2H3. The molecule has 0 aliphatic carbocycles. The van der Waals surface area contributed by atoms with E-state index in [0.717, 1.165) is 39.0 Å². The van der Waals surface area contributed by atoms with Gasteiger partial charge in [-0.1, -0.05) is 30.3 Å². The Balaban J connectivity index is 2.07. The van der Waals surface area contributed by atoms with Gasteiger partial charge in [0.05, 0.1) is 0 Å². The van der Waals surface area contributed by atoms with Crippen molar-refractivity contribution in [2.24, 2.45) is 5.73 Å². The molecule has 20 heavy (non-hydrogen) atoms. The Morgan fingerprint density at radius 2 is 2.05 bits per heavy atom. The molecule has 0 aromatic heterocycles. The van der Waals surface area contributed by atoms with E-state index in [9.17, 15) is 0 Å². The van der Waals surface area contributed by atoms with E-state index in [2.05, 4.69) is 54.4 Å². The minimum atomic E-state index is 0.202. The minimum Gasteiger partial charge on any atom is -0.330 e. The summed E-state index contributed by atoms with van der Waals surface area (Å²) in [6.07, 6.45) is 3.43. The van der Waals surface area contributed by atoms with E-state index in [1.54, 1.807) is 0 Å². The highest BCUT2D eigenvalue weighted by atomic mass is 15.3. The Morgan fingerprint density at radius 3 is 2.75 bits per heavy atom.